The molecule has 0 aromatic carbocycles. The Morgan fingerprint density at radius 2 is 2.10 bits per heavy atom. The maximum atomic E-state index is 12.3. The number of amides is 1. The van der Waals surface area contributed by atoms with Crippen LogP contribution in [0.3, 0.4) is 0 Å². The molecule has 1 aromatic heterocycles. The van der Waals surface area contributed by atoms with Gasteiger partial charge in [0.1, 0.15) is 17.7 Å². The van der Waals surface area contributed by atoms with E-state index in [1.807, 2.05) is 30.0 Å². The standard InChI is InChI=1S/C15H24N4O2/c1-3-7-16-13-5-4-6-14(18-13)17-12(2)15(20)19-8-10-21-11-9-19/h4-6,12H,3,7-11H2,1-2H3,(H2,16,17,18). The molecule has 1 aliphatic rings. The lowest BCUT2D eigenvalue weighted by Crippen LogP contribution is -2.47. The van der Waals surface area contributed by atoms with E-state index in [4.69, 9.17) is 4.74 Å². The van der Waals surface area contributed by atoms with Gasteiger partial charge < -0.3 is 20.3 Å². The first kappa shape index (κ1) is 15.6. The van der Waals surface area contributed by atoms with E-state index < -0.39 is 0 Å². The summed E-state index contributed by atoms with van der Waals surface area (Å²) in [4.78, 5) is 18.6. The largest absolute Gasteiger partial charge is 0.378 e. The van der Waals surface area contributed by atoms with Crippen molar-refractivity contribution >= 4 is 17.5 Å². The molecule has 0 saturated carbocycles. The molecular formula is C15H24N4O2. The van der Waals surface area contributed by atoms with Crippen molar-refractivity contribution in [2.24, 2.45) is 0 Å². The quantitative estimate of drug-likeness (QED) is 0.833. The molecule has 1 aromatic rings. The molecule has 2 heterocycles. The summed E-state index contributed by atoms with van der Waals surface area (Å²) < 4.78 is 5.27. The fourth-order valence-corrected chi connectivity index (χ4v) is 2.21. The van der Waals surface area contributed by atoms with Crippen LogP contribution in [0.25, 0.3) is 0 Å². The van der Waals surface area contributed by atoms with Gasteiger partial charge in [-0.2, -0.15) is 0 Å². The molecule has 1 fully saturated rings. The Bertz CT molecular complexity index is 461. The summed E-state index contributed by atoms with van der Waals surface area (Å²) in [5.74, 6) is 1.63. The number of aromatic nitrogens is 1. The average molecular weight is 292 g/mol. The van der Waals surface area contributed by atoms with Crippen LogP contribution in [0.2, 0.25) is 0 Å². The van der Waals surface area contributed by atoms with Crippen LogP contribution in [0.4, 0.5) is 11.6 Å². The number of nitrogens with one attached hydrogen (secondary N) is 2. The average Bonchev–Trinajstić information content (AvgIpc) is 2.53. The third kappa shape index (κ3) is 4.60. The second kappa shape index (κ2) is 7.83. The van der Waals surface area contributed by atoms with E-state index in [1.54, 1.807) is 0 Å². The second-order valence-electron chi connectivity index (χ2n) is 5.14. The molecule has 0 aliphatic carbocycles. The first-order valence-corrected chi connectivity index (χ1v) is 7.54. The molecule has 0 radical (unpaired) electrons. The Hall–Kier alpha value is -1.82. The van der Waals surface area contributed by atoms with Gasteiger partial charge in [0, 0.05) is 19.6 Å². The lowest BCUT2D eigenvalue weighted by atomic mass is 10.2. The van der Waals surface area contributed by atoms with Gasteiger partial charge >= 0.3 is 0 Å². The van der Waals surface area contributed by atoms with Crippen LogP contribution in [0.15, 0.2) is 18.2 Å². The van der Waals surface area contributed by atoms with Crippen molar-refractivity contribution in [3.63, 3.8) is 0 Å². The van der Waals surface area contributed by atoms with Gasteiger partial charge in [-0.15, -0.1) is 0 Å². The predicted molar refractivity (Wildman–Crippen MR) is 83.5 cm³/mol. The fraction of sp³-hybridized carbons (Fsp3) is 0.600. The van der Waals surface area contributed by atoms with Gasteiger partial charge in [0.25, 0.3) is 0 Å². The van der Waals surface area contributed by atoms with Gasteiger partial charge in [0.2, 0.25) is 5.91 Å². The van der Waals surface area contributed by atoms with Crippen molar-refractivity contribution in [1.29, 1.82) is 0 Å². The van der Waals surface area contributed by atoms with E-state index >= 15 is 0 Å². The van der Waals surface area contributed by atoms with E-state index in [0.717, 1.165) is 18.8 Å². The van der Waals surface area contributed by atoms with Crippen LogP contribution in [-0.2, 0) is 9.53 Å². The topological polar surface area (TPSA) is 66.5 Å². The van der Waals surface area contributed by atoms with E-state index in [9.17, 15) is 4.79 Å². The number of carbonyl (C=O) groups excluding carboxylic acids is 1. The highest BCUT2D eigenvalue weighted by Gasteiger charge is 2.22. The molecule has 2 N–H and O–H groups in total. The third-order valence-corrected chi connectivity index (χ3v) is 3.36. The van der Waals surface area contributed by atoms with Crippen molar-refractivity contribution in [1.82, 2.24) is 9.88 Å². The zero-order valence-electron chi connectivity index (χ0n) is 12.8. The maximum absolute atomic E-state index is 12.3. The molecule has 0 spiro atoms. The first-order chi connectivity index (χ1) is 10.2. The molecule has 6 nitrogen and oxygen atoms in total. The minimum atomic E-state index is -0.294. The highest BCUT2D eigenvalue weighted by atomic mass is 16.5. The molecule has 0 bridgehead atoms. The molecule has 1 saturated heterocycles. The molecule has 1 aliphatic heterocycles. The number of anilines is 2. The Morgan fingerprint density at radius 1 is 1.38 bits per heavy atom. The number of hydrogen-bond donors (Lipinski definition) is 2. The molecular weight excluding hydrogens is 268 g/mol. The van der Waals surface area contributed by atoms with Gasteiger partial charge in [0.15, 0.2) is 0 Å². The molecule has 1 unspecified atom stereocenters. The number of morpholine rings is 1. The van der Waals surface area contributed by atoms with Crippen LogP contribution in [0.1, 0.15) is 20.3 Å². The van der Waals surface area contributed by atoms with E-state index in [1.165, 1.54) is 0 Å². The van der Waals surface area contributed by atoms with Crippen molar-refractivity contribution in [3.8, 4) is 0 Å². The summed E-state index contributed by atoms with van der Waals surface area (Å²) in [5, 5.41) is 6.41. The van der Waals surface area contributed by atoms with Crippen LogP contribution in [0.5, 0.6) is 0 Å². The maximum Gasteiger partial charge on any atom is 0.244 e. The minimum Gasteiger partial charge on any atom is -0.378 e. The van der Waals surface area contributed by atoms with E-state index in [2.05, 4.69) is 22.5 Å². The molecule has 116 valence electrons. The van der Waals surface area contributed by atoms with Gasteiger partial charge in [0.05, 0.1) is 13.2 Å². The van der Waals surface area contributed by atoms with Crippen LogP contribution < -0.4 is 10.6 Å². The summed E-state index contributed by atoms with van der Waals surface area (Å²) in [6.45, 7) is 7.43. The van der Waals surface area contributed by atoms with Gasteiger partial charge in [-0.1, -0.05) is 13.0 Å². The van der Waals surface area contributed by atoms with Crippen molar-refractivity contribution in [2.75, 3.05) is 43.5 Å². The number of rotatable bonds is 6. The Kier molecular flexibility index (Phi) is 5.80. The second-order valence-corrected chi connectivity index (χ2v) is 5.14. The Balaban J connectivity index is 1.91. The van der Waals surface area contributed by atoms with Gasteiger partial charge in [-0.3, -0.25) is 4.79 Å². The fourth-order valence-electron chi connectivity index (χ4n) is 2.21. The van der Waals surface area contributed by atoms with Crippen LogP contribution in [0, 0.1) is 0 Å². The zero-order valence-corrected chi connectivity index (χ0v) is 12.8. The highest BCUT2D eigenvalue weighted by Crippen LogP contribution is 2.11. The van der Waals surface area contributed by atoms with Crippen molar-refractivity contribution < 1.29 is 9.53 Å². The predicted octanol–water partition coefficient (Wildman–Crippen LogP) is 1.56. The smallest absolute Gasteiger partial charge is 0.244 e. The van der Waals surface area contributed by atoms with Crippen molar-refractivity contribution in [3.05, 3.63) is 18.2 Å². The zero-order chi connectivity index (χ0) is 15.1. The molecule has 6 heteroatoms. The molecule has 1 atom stereocenters. The Morgan fingerprint density at radius 3 is 2.81 bits per heavy atom. The lowest BCUT2D eigenvalue weighted by Gasteiger charge is -2.29. The van der Waals surface area contributed by atoms with Gasteiger partial charge in [-0.25, -0.2) is 4.98 Å². The Labute approximate surface area is 125 Å². The molecule has 1 amide bonds. The van der Waals surface area contributed by atoms with Crippen LogP contribution in [-0.4, -0.2) is 54.7 Å². The number of carbonyl (C=O) groups is 1. The molecule has 21 heavy (non-hydrogen) atoms. The summed E-state index contributed by atoms with van der Waals surface area (Å²) in [5.41, 5.74) is 0. The molecule has 2 rings (SSSR count). The lowest BCUT2D eigenvalue weighted by molar-refractivity contribution is -0.135. The highest BCUT2D eigenvalue weighted by molar-refractivity contribution is 5.84. The summed E-state index contributed by atoms with van der Waals surface area (Å²) in [6.07, 6.45) is 1.05. The van der Waals surface area contributed by atoms with Crippen molar-refractivity contribution in [2.45, 2.75) is 26.3 Å². The van der Waals surface area contributed by atoms with Crippen LogP contribution >= 0.6 is 0 Å². The number of ether oxygens (including phenoxy) is 1. The van der Waals surface area contributed by atoms with E-state index in [0.29, 0.717) is 32.1 Å². The minimum absolute atomic E-state index is 0.0898. The first-order valence-electron chi connectivity index (χ1n) is 7.54. The third-order valence-electron chi connectivity index (χ3n) is 3.36. The monoisotopic (exact) mass is 292 g/mol. The summed E-state index contributed by atoms with van der Waals surface area (Å²) >= 11 is 0. The van der Waals surface area contributed by atoms with Gasteiger partial charge in [-0.05, 0) is 25.5 Å². The SMILES string of the molecule is CCCNc1cccc(NC(C)C(=O)N2CCOCC2)n1. The number of pyridine rings is 1. The summed E-state index contributed by atoms with van der Waals surface area (Å²) in [7, 11) is 0. The number of hydrogen-bond acceptors (Lipinski definition) is 5. The van der Waals surface area contributed by atoms with E-state index in [-0.39, 0.29) is 11.9 Å². The number of nitrogens with zero attached hydrogens (tertiary/aromatic N) is 2. The normalized spacial score (nSPS) is 16.4. The summed E-state index contributed by atoms with van der Waals surface area (Å²) in [6, 6.07) is 5.44.